The number of imidazole rings is 1. The third kappa shape index (κ3) is 5.17. The first-order valence-corrected chi connectivity index (χ1v) is 10.6. The number of H-pyrrole nitrogens is 1. The van der Waals surface area contributed by atoms with Crippen LogP contribution in [0.2, 0.25) is 0 Å². The number of rotatable bonds is 6. The van der Waals surface area contributed by atoms with Crippen molar-refractivity contribution >= 4 is 11.9 Å². The molecule has 2 aliphatic rings. The number of piperazine rings is 1. The van der Waals surface area contributed by atoms with Crippen LogP contribution in [0.15, 0.2) is 52.8 Å². The van der Waals surface area contributed by atoms with E-state index in [0.717, 1.165) is 57.3 Å². The lowest BCUT2D eigenvalue weighted by atomic mass is 10.1. The average Bonchev–Trinajstić information content (AvgIpc) is 3.27. The highest BCUT2D eigenvalue weighted by Gasteiger charge is 2.33. The van der Waals surface area contributed by atoms with Crippen LogP contribution in [-0.2, 0) is 13.0 Å². The summed E-state index contributed by atoms with van der Waals surface area (Å²) in [7, 11) is 0. The van der Waals surface area contributed by atoms with Crippen molar-refractivity contribution in [3.63, 3.8) is 0 Å². The highest BCUT2D eigenvalue weighted by atomic mass is 15.5. The van der Waals surface area contributed by atoms with Crippen molar-refractivity contribution in [2.24, 2.45) is 15.7 Å². The molecular formula is C21H31N9. The summed E-state index contributed by atoms with van der Waals surface area (Å²) in [6, 6.07) is 10.6. The Hall–Kier alpha value is -2.91. The van der Waals surface area contributed by atoms with Gasteiger partial charge in [-0.1, -0.05) is 30.3 Å². The van der Waals surface area contributed by atoms with Crippen molar-refractivity contribution in [3.05, 3.63) is 54.1 Å². The monoisotopic (exact) mass is 409 g/mol. The fourth-order valence-corrected chi connectivity index (χ4v) is 3.78. The lowest BCUT2D eigenvalue weighted by molar-refractivity contribution is 0.169. The van der Waals surface area contributed by atoms with Gasteiger partial charge in [-0.2, -0.15) is 4.99 Å². The van der Waals surface area contributed by atoms with Crippen molar-refractivity contribution < 1.29 is 0 Å². The van der Waals surface area contributed by atoms with Crippen molar-refractivity contribution in [2.75, 3.05) is 32.7 Å². The van der Waals surface area contributed by atoms with Crippen LogP contribution in [0.25, 0.3) is 0 Å². The van der Waals surface area contributed by atoms with Gasteiger partial charge in [0.15, 0.2) is 5.79 Å². The highest BCUT2D eigenvalue weighted by molar-refractivity contribution is 5.97. The van der Waals surface area contributed by atoms with Crippen molar-refractivity contribution in [1.29, 1.82) is 0 Å². The summed E-state index contributed by atoms with van der Waals surface area (Å²) in [6.45, 7) is 7.51. The Balaban J connectivity index is 1.38. The molecule has 1 aromatic carbocycles. The van der Waals surface area contributed by atoms with Crippen LogP contribution in [0.1, 0.15) is 24.6 Å². The number of benzene rings is 1. The molecule has 0 bridgehead atoms. The van der Waals surface area contributed by atoms with E-state index in [1.807, 2.05) is 13.1 Å². The molecule has 5 N–H and O–H groups in total. The normalized spacial score (nSPS) is 22.3. The molecule has 3 heterocycles. The van der Waals surface area contributed by atoms with Crippen molar-refractivity contribution in [3.8, 4) is 0 Å². The van der Waals surface area contributed by atoms with Gasteiger partial charge in [0, 0.05) is 57.6 Å². The molecule has 9 nitrogen and oxygen atoms in total. The Morgan fingerprint density at radius 3 is 2.67 bits per heavy atom. The number of hydrogen-bond acceptors (Lipinski definition) is 8. The fourth-order valence-electron chi connectivity index (χ4n) is 3.78. The highest BCUT2D eigenvalue weighted by Crippen LogP contribution is 2.16. The maximum Gasteiger partial charge on any atom is 0.224 e. The summed E-state index contributed by atoms with van der Waals surface area (Å²) in [6.07, 6.45) is 4.89. The van der Waals surface area contributed by atoms with Gasteiger partial charge in [0.05, 0.1) is 6.33 Å². The van der Waals surface area contributed by atoms with Crippen LogP contribution in [0.3, 0.4) is 0 Å². The average molecular weight is 410 g/mol. The maximum atomic E-state index is 6.63. The molecule has 0 aliphatic carbocycles. The van der Waals surface area contributed by atoms with Gasteiger partial charge < -0.3 is 20.5 Å². The minimum Gasteiger partial charge on any atom is -0.355 e. The number of nitrogens with zero attached hydrogens (tertiary/aromatic N) is 5. The number of aryl methyl sites for hydroxylation is 1. The molecule has 30 heavy (non-hydrogen) atoms. The fraction of sp³-hybridized carbons (Fsp3) is 0.476. The van der Waals surface area contributed by atoms with E-state index >= 15 is 0 Å². The second kappa shape index (κ2) is 9.27. The molecule has 4 rings (SSSR count). The zero-order chi connectivity index (χ0) is 20.8. The summed E-state index contributed by atoms with van der Waals surface area (Å²) in [4.78, 5) is 21.3. The van der Waals surface area contributed by atoms with E-state index in [1.54, 1.807) is 6.33 Å². The third-order valence-corrected chi connectivity index (χ3v) is 5.43. The Morgan fingerprint density at radius 2 is 1.97 bits per heavy atom. The second-order valence-corrected chi connectivity index (χ2v) is 7.78. The zero-order valence-corrected chi connectivity index (χ0v) is 17.5. The number of nitrogens with two attached hydrogens (primary N) is 1. The topological polar surface area (TPSA) is 110 Å². The molecule has 1 unspecified atom stereocenters. The first kappa shape index (κ1) is 20.4. The molecule has 0 saturated carbocycles. The molecule has 2 aliphatic heterocycles. The summed E-state index contributed by atoms with van der Waals surface area (Å²) in [5.74, 6) is 0.485. The predicted molar refractivity (Wildman–Crippen MR) is 119 cm³/mol. The molecule has 0 radical (unpaired) electrons. The molecule has 1 atom stereocenters. The number of nitrogens with one attached hydrogen (secondary N) is 3. The van der Waals surface area contributed by atoms with E-state index in [2.05, 4.69) is 65.7 Å². The van der Waals surface area contributed by atoms with Gasteiger partial charge in [-0.25, -0.2) is 9.98 Å². The van der Waals surface area contributed by atoms with Crippen LogP contribution in [-0.4, -0.2) is 70.2 Å². The molecule has 1 saturated heterocycles. The summed E-state index contributed by atoms with van der Waals surface area (Å²) in [5.41, 5.74) is 9.02. The van der Waals surface area contributed by atoms with E-state index in [4.69, 9.17) is 10.7 Å². The second-order valence-electron chi connectivity index (χ2n) is 7.78. The zero-order valence-electron chi connectivity index (χ0n) is 17.5. The van der Waals surface area contributed by atoms with Crippen LogP contribution in [0, 0.1) is 0 Å². The number of aromatic amines is 1. The van der Waals surface area contributed by atoms with E-state index in [0.29, 0.717) is 12.4 Å². The van der Waals surface area contributed by atoms with Gasteiger partial charge in [0.25, 0.3) is 0 Å². The molecule has 0 amide bonds. The van der Waals surface area contributed by atoms with Gasteiger partial charge in [-0.05, 0) is 18.9 Å². The van der Waals surface area contributed by atoms with Gasteiger partial charge in [0.1, 0.15) is 0 Å². The minimum atomic E-state index is -0.902. The first-order chi connectivity index (χ1) is 14.6. The molecule has 160 valence electrons. The van der Waals surface area contributed by atoms with E-state index in [1.165, 1.54) is 5.56 Å². The molecule has 9 heteroatoms. The lowest BCUT2D eigenvalue weighted by Crippen LogP contribution is -2.64. The quantitative estimate of drug-likeness (QED) is 0.559. The summed E-state index contributed by atoms with van der Waals surface area (Å²) >= 11 is 0. The van der Waals surface area contributed by atoms with Crippen LogP contribution >= 0.6 is 0 Å². The Labute approximate surface area is 177 Å². The summed E-state index contributed by atoms with van der Waals surface area (Å²) in [5, 5.41) is 6.62. The number of hydrogen-bond donors (Lipinski definition) is 4. The largest absolute Gasteiger partial charge is 0.355 e. The first-order valence-electron chi connectivity index (χ1n) is 10.6. The van der Waals surface area contributed by atoms with E-state index in [9.17, 15) is 0 Å². The van der Waals surface area contributed by atoms with Gasteiger partial charge in [-0.3, -0.25) is 10.6 Å². The third-order valence-electron chi connectivity index (χ3n) is 5.43. The smallest absolute Gasteiger partial charge is 0.224 e. The molecule has 1 aromatic heterocycles. The maximum absolute atomic E-state index is 6.63. The van der Waals surface area contributed by atoms with Crippen LogP contribution in [0.5, 0.6) is 0 Å². The Bertz CT molecular complexity index is 854. The minimum absolute atomic E-state index is 0.588. The molecule has 1 fully saturated rings. The van der Waals surface area contributed by atoms with Gasteiger partial charge in [-0.15, -0.1) is 0 Å². The molecule has 2 aromatic rings. The Kier molecular flexibility index (Phi) is 6.29. The van der Waals surface area contributed by atoms with Crippen LogP contribution in [0.4, 0.5) is 0 Å². The predicted octanol–water partition coefficient (Wildman–Crippen LogP) is 0.697. The van der Waals surface area contributed by atoms with Gasteiger partial charge >= 0.3 is 0 Å². The number of guanidine groups is 2. The van der Waals surface area contributed by atoms with E-state index in [-0.39, 0.29) is 0 Å². The van der Waals surface area contributed by atoms with E-state index < -0.39 is 5.79 Å². The number of aromatic nitrogens is 2. The van der Waals surface area contributed by atoms with Crippen molar-refractivity contribution in [1.82, 2.24) is 30.4 Å². The summed E-state index contributed by atoms with van der Waals surface area (Å²) < 4.78 is 0. The standard InChI is InChI=1S/C21H31N9/c1-2-24-19-26-20(28-21(22,27-19)9-8-18-14-23-16-25-18)30-12-10-29(11-13-30)15-17-6-4-3-5-7-17/h3-7,14,16H,2,8-13,15,22H2,1H3,(H,23,25)(H2,24,26,27,28). The lowest BCUT2D eigenvalue weighted by Gasteiger charge is -2.40. The van der Waals surface area contributed by atoms with Gasteiger partial charge in [0.2, 0.25) is 11.9 Å². The molecule has 0 spiro atoms. The SMILES string of the molecule is CCNC1=NC(N)(CCc2cnc[nH]2)NC(N2CCN(Cc3ccccc3)CC2)=N1. The Morgan fingerprint density at radius 1 is 1.17 bits per heavy atom. The van der Waals surface area contributed by atoms with Crippen LogP contribution < -0.4 is 16.4 Å². The van der Waals surface area contributed by atoms with Crippen molar-refractivity contribution in [2.45, 2.75) is 32.1 Å². The number of aliphatic imine (C=N–C) groups is 2. The molecular weight excluding hydrogens is 378 g/mol.